The van der Waals surface area contributed by atoms with Gasteiger partial charge in [-0.2, -0.15) is 0 Å². The van der Waals surface area contributed by atoms with Crippen molar-refractivity contribution in [2.45, 2.75) is 12.8 Å². The van der Waals surface area contributed by atoms with E-state index in [4.69, 9.17) is 19.3 Å². The van der Waals surface area contributed by atoms with Gasteiger partial charge in [0.05, 0.1) is 7.11 Å². The van der Waals surface area contributed by atoms with Gasteiger partial charge in [-0.3, -0.25) is 0 Å². The Morgan fingerprint density at radius 2 is 2.18 bits per heavy atom. The second-order valence-electron chi connectivity index (χ2n) is 3.72. The summed E-state index contributed by atoms with van der Waals surface area (Å²) in [6.07, 6.45) is 0.866. The monoisotopic (exact) mass is 242 g/mol. The zero-order chi connectivity index (χ0) is 12.3. The lowest BCUT2D eigenvalue weighted by atomic mass is 10.1. The Hall–Kier alpha value is -1.49. The fourth-order valence-corrected chi connectivity index (χ4v) is 1.83. The molecule has 17 heavy (non-hydrogen) atoms. The SMILES string of the molecule is COc1cc2c(c(CCCO)c1F)OCCO2. The Morgan fingerprint density at radius 1 is 1.41 bits per heavy atom. The van der Waals surface area contributed by atoms with Crippen molar-refractivity contribution in [2.24, 2.45) is 0 Å². The minimum Gasteiger partial charge on any atom is -0.494 e. The zero-order valence-corrected chi connectivity index (χ0v) is 9.66. The van der Waals surface area contributed by atoms with Crippen LogP contribution < -0.4 is 14.2 Å². The first-order valence-corrected chi connectivity index (χ1v) is 5.53. The number of benzene rings is 1. The lowest BCUT2D eigenvalue weighted by molar-refractivity contribution is 0.167. The van der Waals surface area contributed by atoms with Gasteiger partial charge in [-0.15, -0.1) is 0 Å². The summed E-state index contributed by atoms with van der Waals surface area (Å²) in [5.74, 6) is 0.637. The van der Waals surface area contributed by atoms with Crippen molar-refractivity contribution in [2.75, 3.05) is 26.9 Å². The topological polar surface area (TPSA) is 47.9 Å². The quantitative estimate of drug-likeness (QED) is 0.869. The van der Waals surface area contributed by atoms with E-state index in [-0.39, 0.29) is 12.4 Å². The maximum absolute atomic E-state index is 14.0. The lowest BCUT2D eigenvalue weighted by Gasteiger charge is -2.22. The average molecular weight is 242 g/mol. The molecule has 0 atom stereocenters. The van der Waals surface area contributed by atoms with Crippen LogP contribution in [0, 0.1) is 5.82 Å². The highest BCUT2D eigenvalue weighted by Crippen LogP contribution is 2.40. The Balaban J connectivity index is 2.44. The number of aliphatic hydroxyl groups is 1. The maximum atomic E-state index is 14.0. The number of methoxy groups -OCH3 is 1. The minimum absolute atomic E-state index is 0.00623. The number of hydrogen-bond acceptors (Lipinski definition) is 4. The van der Waals surface area contributed by atoms with Crippen molar-refractivity contribution in [3.63, 3.8) is 0 Å². The summed E-state index contributed by atoms with van der Waals surface area (Å²) < 4.78 is 29.8. The Morgan fingerprint density at radius 3 is 2.88 bits per heavy atom. The molecule has 0 unspecified atom stereocenters. The van der Waals surface area contributed by atoms with Crippen LogP contribution in [0.1, 0.15) is 12.0 Å². The summed E-state index contributed by atoms with van der Waals surface area (Å²) in [5.41, 5.74) is 0.410. The van der Waals surface area contributed by atoms with E-state index in [0.717, 1.165) is 0 Å². The molecular weight excluding hydrogens is 227 g/mol. The number of hydrogen-bond donors (Lipinski definition) is 1. The fraction of sp³-hybridized carbons (Fsp3) is 0.500. The molecule has 1 aliphatic rings. The maximum Gasteiger partial charge on any atom is 0.172 e. The van der Waals surface area contributed by atoms with Crippen molar-refractivity contribution in [1.82, 2.24) is 0 Å². The number of halogens is 1. The lowest BCUT2D eigenvalue weighted by Crippen LogP contribution is -2.17. The number of rotatable bonds is 4. The summed E-state index contributed by atoms with van der Waals surface area (Å²) in [7, 11) is 1.41. The van der Waals surface area contributed by atoms with Gasteiger partial charge >= 0.3 is 0 Å². The molecule has 2 rings (SSSR count). The minimum atomic E-state index is -0.440. The molecule has 0 fully saturated rings. The van der Waals surface area contributed by atoms with E-state index in [1.54, 1.807) is 0 Å². The van der Waals surface area contributed by atoms with Crippen LogP contribution in [-0.2, 0) is 6.42 Å². The van der Waals surface area contributed by atoms with Crippen LogP contribution >= 0.6 is 0 Å². The molecule has 1 heterocycles. The Bertz CT molecular complexity index is 406. The molecule has 0 bridgehead atoms. The highest BCUT2D eigenvalue weighted by atomic mass is 19.1. The number of aliphatic hydroxyl groups excluding tert-OH is 1. The molecule has 4 nitrogen and oxygen atoms in total. The first kappa shape index (κ1) is 12.0. The smallest absolute Gasteiger partial charge is 0.172 e. The van der Waals surface area contributed by atoms with E-state index in [1.807, 2.05) is 0 Å². The molecule has 0 spiro atoms. The van der Waals surface area contributed by atoms with Gasteiger partial charge < -0.3 is 19.3 Å². The van der Waals surface area contributed by atoms with E-state index in [0.29, 0.717) is 43.1 Å². The van der Waals surface area contributed by atoms with Crippen LogP contribution in [0.15, 0.2) is 6.07 Å². The summed E-state index contributed by atoms with van der Waals surface area (Å²) in [5, 5.41) is 8.82. The van der Waals surface area contributed by atoms with Crippen molar-refractivity contribution < 1.29 is 23.7 Å². The van der Waals surface area contributed by atoms with Gasteiger partial charge in [0.25, 0.3) is 0 Å². The first-order chi connectivity index (χ1) is 8.27. The van der Waals surface area contributed by atoms with Gasteiger partial charge in [0.1, 0.15) is 13.2 Å². The van der Waals surface area contributed by atoms with Crippen LogP contribution in [0.4, 0.5) is 4.39 Å². The average Bonchev–Trinajstić information content (AvgIpc) is 2.37. The third kappa shape index (κ3) is 2.29. The second-order valence-corrected chi connectivity index (χ2v) is 3.72. The van der Waals surface area contributed by atoms with Crippen molar-refractivity contribution in [3.05, 3.63) is 17.4 Å². The third-order valence-electron chi connectivity index (χ3n) is 2.63. The first-order valence-electron chi connectivity index (χ1n) is 5.53. The molecular formula is C12H15FO4. The molecule has 0 aliphatic carbocycles. The van der Waals surface area contributed by atoms with Crippen LogP contribution in [0.2, 0.25) is 0 Å². The van der Waals surface area contributed by atoms with Gasteiger partial charge in [0.2, 0.25) is 0 Å². The predicted molar refractivity (Wildman–Crippen MR) is 59.3 cm³/mol. The Labute approximate surface area is 98.9 Å². The van der Waals surface area contributed by atoms with Crippen LogP contribution in [0.25, 0.3) is 0 Å². The molecule has 0 radical (unpaired) electrons. The van der Waals surface area contributed by atoms with Gasteiger partial charge in [0, 0.05) is 18.2 Å². The van der Waals surface area contributed by atoms with E-state index in [2.05, 4.69) is 0 Å². The highest BCUT2D eigenvalue weighted by Gasteiger charge is 2.23. The number of fused-ring (bicyclic) bond motifs is 1. The summed E-state index contributed by atoms with van der Waals surface area (Å²) >= 11 is 0. The summed E-state index contributed by atoms with van der Waals surface area (Å²) in [4.78, 5) is 0. The van der Waals surface area contributed by atoms with Gasteiger partial charge in [0.15, 0.2) is 23.1 Å². The summed E-state index contributed by atoms with van der Waals surface area (Å²) in [6, 6.07) is 1.49. The van der Waals surface area contributed by atoms with Gasteiger partial charge in [-0.1, -0.05) is 0 Å². The van der Waals surface area contributed by atoms with Gasteiger partial charge in [-0.25, -0.2) is 4.39 Å². The van der Waals surface area contributed by atoms with E-state index < -0.39 is 5.82 Å². The standard InChI is InChI=1S/C12H15FO4/c1-15-9-7-10-12(17-6-5-16-10)8(11(9)13)3-2-4-14/h7,14H,2-6H2,1H3. The molecule has 1 aromatic rings. The van der Waals surface area contributed by atoms with E-state index in [9.17, 15) is 4.39 Å². The van der Waals surface area contributed by atoms with Crippen molar-refractivity contribution in [3.8, 4) is 17.2 Å². The highest BCUT2D eigenvalue weighted by molar-refractivity contribution is 5.53. The molecule has 94 valence electrons. The third-order valence-corrected chi connectivity index (χ3v) is 2.63. The molecule has 0 saturated carbocycles. The number of ether oxygens (including phenoxy) is 3. The van der Waals surface area contributed by atoms with E-state index >= 15 is 0 Å². The molecule has 0 saturated heterocycles. The molecule has 0 amide bonds. The molecule has 1 aliphatic heterocycles. The van der Waals surface area contributed by atoms with Crippen molar-refractivity contribution >= 4 is 0 Å². The predicted octanol–water partition coefficient (Wildman–Crippen LogP) is 1.53. The molecule has 5 heteroatoms. The molecule has 1 N–H and O–H groups in total. The van der Waals surface area contributed by atoms with Crippen LogP contribution in [0.3, 0.4) is 0 Å². The van der Waals surface area contributed by atoms with Crippen LogP contribution in [-0.4, -0.2) is 32.0 Å². The second kappa shape index (κ2) is 5.23. The molecule has 1 aromatic carbocycles. The largest absolute Gasteiger partial charge is 0.494 e. The Kier molecular flexibility index (Phi) is 3.68. The molecule has 0 aromatic heterocycles. The van der Waals surface area contributed by atoms with Crippen molar-refractivity contribution in [1.29, 1.82) is 0 Å². The van der Waals surface area contributed by atoms with E-state index in [1.165, 1.54) is 13.2 Å². The zero-order valence-electron chi connectivity index (χ0n) is 9.66. The van der Waals surface area contributed by atoms with Crippen LogP contribution in [0.5, 0.6) is 17.2 Å². The fourth-order valence-electron chi connectivity index (χ4n) is 1.83. The summed E-state index contributed by atoms with van der Waals surface area (Å²) in [6.45, 7) is 0.860. The normalized spacial score (nSPS) is 13.6. The van der Waals surface area contributed by atoms with Gasteiger partial charge in [-0.05, 0) is 12.8 Å².